The molecule has 8 heteroatoms. The number of aryl methyl sites for hydroxylation is 2. The van der Waals surface area contributed by atoms with Gasteiger partial charge in [-0.3, -0.25) is 0 Å². The minimum absolute atomic E-state index is 0.0520. The number of hydrogen-bond acceptors (Lipinski definition) is 7. The van der Waals surface area contributed by atoms with Crippen LogP contribution in [0.4, 0.5) is 23.1 Å². The van der Waals surface area contributed by atoms with Gasteiger partial charge in [-0.15, -0.1) is 0 Å². The van der Waals surface area contributed by atoms with Crippen molar-refractivity contribution in [1.82, 2.24) is 19.5 Å². The normalized spacial score (nSPS) is 15.7. The molecule has 1 aliphatic heterocycles. The highest BCUT2D eigenvalue weighted by Gasteiger charge is 2.35. The molecule has 0 bridgehead atoms. The lowest BCUT2D eigenvalue weighted by Gasteiger charge is -2.48. The Morgan fingerprint density at radius 3 is 2.39 bits per heavy atom. The molecule has 2 aromatic heterocycles. The molecule has 2 aromatic carbocycles. The maximum Gasteiger partial charge on any atom is 0.229 e. The van der Waals surface area contributed by atoms with Crippen molar-refractivity contribution in [2.24, 2.45) is 7.05 Å². The van der Waals surface area contributed by atoms with E-state index in [4.69, 9.17) is 14.7 Å². The number of imidazole rings is 1. The van der Waals surface area contributed by atoms with Crippen molar-refractivity contribution >= 4 is 34.3 Å². The number of benzene rings is 2. The van der Waals surface area contributed by atoms with Gasteiger partial charge in [-0.2, -0.15) is 9.97 Å². The Morgan fingerprint density at radius 1 is 1.00 bits per heavy atom. The van der Waals surface area contributed by atoms with Crippen molar-refractivity contribution in [2.45, 2.75) is 52.5 Å². The first kappa shape index (κ1) is 25.8. The second-order valence-electron chi connectivity index (χ2n) is 11.9. The van der Waals surface area contributed by atoms with Crippen molar-refractivity contribution in [3.8, 4) is 5.75 Å². The van der Waals surface area contributed by atoms with Gasteiger partial charge in [0.2, 0.25) is 5.95 Å². The Kier molecular flexibility index (Phi) is 6.45. The van der Waals surface area contributed by atoms with Gasteiger partial charge in [-0.25, -0.2) is 4.98 Å². The SMILES string of the molecule is COc1ccc(N2CCN(c3nc(Nc4cc(C(C)(C)C)ccc4C)c4ncn(C)c4n3)CC2(C)C)cc1. The van der Waals surface area contributed by atoms with Crippen LogP contribution in [0.25, 0.3) is 11.2 Å². The molecule has 0 saturated carbocycles. The first-order valence-corrected chi connectivity index (χ1v) is 13.2. The maximum absolute atomic E-state index is 5.35. The van der Waals surface area contributed by atoms with E-state index in [9.17, 15) is 0 Å². The fourth-order valence-electron chi connectivity index (χ4n) is 5.14. The van der Waals surface area contributed by atoms with E-state index in [1.807, 2.05) is 23.7 Å². The van der Waals surface area contributed by atoms with E-state index in [0.29, 0.717) is 0 Å². The maximum atomic E-state index is 5.35. The summed E-state index contributed by atoms with van der Waals surface area (Å²) in [6, 6.07) is 14.9. The topological polar surface area (TPSA) is 71.3 Å². The van der Waals surface area contributed by atoms with E-state index in [-0.39, 0.29) is 11.0 Å². The van der Waals surface area contributed by atoms with E-state index in [2.05, 4.69) is 92.0 Å². The Morgan fingerprint density at radius 2 is 1.74 bits per heavy atom. The first-order chi connectivity index (χ1) is 18.0. The van der Waals surface area contributed by atoms with E-state index in [1.54, 1.807) is 13.4 Å². The summed E-state index contributed by atoms with van der Waals surface area (Å²) < 4.78 is 7.31. The number of anilines is 4. The third-order valence-corrected chi connectivity index (χ3v) is 7.47. The largest absolute Gasteiger partial charge is 0.497 e. The molecular weight excluding hydrogens is 474 g/mol. The van der Waals surface area contributed by atoms with Crippen molar-refractivity contribution in [2.75, 3.05) is 41.9 Å². The van der Waals surface area contributed by atoms with Gasteiger partial charge in [-0.1, -0.05) is 32.9 Å². The molecule has 0 spiro atoms. The molecule has 4 aromatic rings. The molecule has 3 heterocycles. The summed E-state index contributed by atoms with van der Waals surface area (Å²) in [4.78, 5) is 19.4. The van der Waals surface area contributed by atoms with Crippen LogP contribution in [0.3, 0.4) is 0 Å². The number of piperazine rings is 1. The molecule has 0 radical (unpaired) electrons. The van der Waals surface area contributed by atoms with Crippen molar-refractivity contribution in [3.63, 3.8) is 0 Å². The van der Waals surface area contributed by atoms with E-state index in [0.717, 1.165) is 59.6 Å². The van der Waals surface area contributed by atoms with Crippen molar-refractivity contribution in [3.05, 3.63) is 59.9 Å². The molecule has 1 fully saturated rings. The Balaban J connectivity index is 1.47. The number of fused-ring (bicyclic) bond motifs is 1. The summed E-state index contributed by atoms with van der Waals surface area (Å²) in [5.74, 6) is 2.32. The van der Waals surface area contributed by atoms with Gasteiger partial charge in [0.15, 0.2) is 17.0 Å². The Labute approximate surface area is 225 Å². The molecule has 200 valence electrons. The van der Waals surface area contributed by atoms with Crippen LogP contribution in [0.2, 0.25) is 0 Å². The van der Waals surface area contributed by atoms with Gasteiger partial charge in [-0.05, 0) is 67.6 Å². The van der Waals surface area contributed by atoms with Crippen LogP contribution < -0.4 is 19.9 Å². The third-order valence-electron chi connectivity index (χ3n) is 7.47. The number of nitrogens with zero attached hydrogens (tertiary/aromatic N) is 6. The zero-order valence-electron chi connectivity index (χ0n) is 23.8. The third kappa shape index (κ3) is 4.87. The molecule has 0 unspecified atom stereocenters. The van der Waals surface area contributed by atoms with Gasteiger partial charge in [0.05, 0.1) is 19.0 Å². The molecule has 0 atom stereocenters. The van der Waals surface area contributed by atoms with Crippen molar-refractivity contribution in [1.29, 1.82) is 0 Å². The average molecular weight is 514 g/mol. The monoisotopic (exact) mass is 513 g/mol. The van der Waals surface area contributed by atoms with Gasteiger partial charge in [0, 0.05) is 38.1 Å². The highest BCUT2D eigenvalue weighted by molar-refractivity contribution is 5.87. The lowest BCUT2D eigenvalue weighted by molar-refractivity contribution is 0.408. The Bertz CT molecular complexity index is 1450. The number of rotatable bonds is 5. The number of methoxy groups -OCH3 is 1. The summed E-state index contributed by atoms with van der Waals surface area (Å²) in [5, 5.41) is 3.61. The molecule has 5 rings (SSSR count). The lowest BCUT2D eigenvalue weighted by Crippen LogP contribution is -2.60. The zero-order chi connectivity index (χ0) is 27.2. The van der Waals surface area contributed by atoms with Crippen LogP contribution >= 0.6 is 0 Å². The van der Waals surface area contributed by atoms with Gasteiger partial charge >= 0.3 is 0 Å². The molecule has 0 aliphatic carbocycles. The summed E-state index contributed by atoms with van der Waals surface area (Å²) in [6.45, 7) is 15.8. The summed E-state index contributed by atoms with van der Waals surface area (Å²) >= 11 is 0. The van der Waals surface area contributed by atoms with Crippen LogP contribution in [-0.4, -0.2) is 51.8 Å². The van der Waals surface area contributed by atoms with Crippen LogP contribution in [0, 0.1) is 6.92 Å². The highest BCUT2D eigenvalue weighted by atomic mass is 16.5. The van der Waals surface area contributed by atoms with Crippen LogP contribution in [0.15, 0.2) is 48.8 Å². The second kappa shape index (κ2) is 9.49. The summed E-state index contributed by atoms with van der Waals surface area (Å²) in [5.41, 5.74) is 6.18. The smallest absolute Gasteiger partial charge is 0.229 e. The molecule has 1 saturated heterocycles. The predicted octanol–water partition coefficient (Wildman–Crippen LogP) is 5.83. The standard InChI is InChI=1S/C30H39N7O/c1-20-9-10-21(29(2,3)4)17-24(20)32-26-25-27(35(7)19-31-25)34-28(33-26)36-15-16-37(30(5,6)18-36)22-11-13-23(38-8)14-12-22/h9-14,17,19H,15-16,18H2,1-8H3,(H,32,33,34). The van der Waals surface area contributed by atoms with Crippen LogP contribution in [0.1, 0.15) is 45.7 Å². The number of ether oxygens (including phenoxy) is 1. The summed E-state index contributed by atoms with van der Waals surface area (Å²) in [6.07, 6.45) is 1.80. The van der Waals surface area contributed by atoms with Gasteiger partial charge in [0.25, 0.3) is 0 Å². The number of hydrogen-bond donors (Lipinski definition) is 1. The van der Waals surface area contributed by atoms with E-state index < -0.39 is 0 Å². The van der Waals surface area contributed by atoms with Crippen LogP contribution in [-0.2, 0) is 12.5 Å². The van der Waals surface area contributed by atoms with Gasteiger partial charge in [0.1, 0.15) is 5.75 Å². The fourth-order valence-corrected chi connectivity index (χ4v) is 5.14. The minimum Gasteiger partial charge on any atom is -0.497 e. The molecule has 38 heavy (non-hydrogen) atoms. The molecule has 0 amide bonds. The average Bonchev–Trinajstić information content (AvgIpc) is 3.25. The first-order valence-electron chi connectivity index (χ1n) is 13.2. The predicted molar refractivity (Wildman–Crippen MR) is 156 cm³/mol. The second-order valence-corrected chi connectivity index (χ2v) is 11.9. The minimum atomic E-state index is -0.122. The lowest BCUT2D eigenvalue weighted by atomic mass is 9.86. The summed E-state index contributed by atoms with van der Waals surface area (Å²) in [7, 11) is 3.68. The molecule has 1 N–H and O–H groups in total. The van der Waals surface area contributed by atoms with Crippen LogP contribution in [0.5, 0.6) is 5.75 Å². The van der Waals surface area contributed by atoms with Gasteiger partial charge < -0.3 is 24.4 Å². The molecular formula is C30H39N7O. The molecule has 1 aliphatic rings. The Hall–Kier alpha value is -3.81. The van der Waals surface area contributed by atoms with E-state index in [1.165, 1.54) is 11.3 Å². The molecule has 8 nitrogen and oxygen atoms in total. The fraction of sp³-hybridized carbons (Fsp3) is 0.433. The van der Waals surface area contributed by atoms with E-state index >= 15 is 0 Å². The quantitative estimate of drug-likeness (QED) is 0.360. The number of aromatic nitrogens is 4. The van der Waals surface area contributed by atoms with Crippen molar-refractivity contribution < 1.29 is 4.74 Å². The number of nitrogens with one attached hydrogen (secondary N) is 1. The zero-order valence-corrected chi connectivity index (χ0v) is 23.8. The highest BCUT2D eigenvalue weighted by Crippen LogP contribution is 2.34.